The number of rotatable bonds is 2. The molecule has 74 valence electrons. The highest BCUT2D eigenvalue weighted by Gasteiger charge is 2.25. The minimum atomic E-state index is -0.506. The van der Waals surface area contributed by atoms with E-state index in [4.69, 9.17) is 9.47 Å². The highest BCUT2D eigenvalue weighted by atomic mass is 16.7. The number of carbonyl (C=O) groups is 1. The fraction of sp³-hybridized carbons (Fsp3) is 0.364. The molecule has 1 atom stereocenters. The molecule has 14 heavy (non-hydrogen) atoms. The Balaban J connectivity index is 2.13. The number of hydrogen-bond acceptors (Lipinski definition) is 3. The molecule has 3 heteroatoms. The van der Waals surface area contributed by atoms with Gasteiger partial charge in [-0.25, -0.2) is 4.79 Å². The van der Waals surface area contributed by atoms with Gasteiger partial charge in [-0.1, -0.05) is 31.2 Å². The van der Waals surface area contributed by atoms with Crippen molar-refractivity contribution in [3.05, 3.63) is 35.4 Å². The third kappa shape index (κ3) is 1.77. The van der Waals surface area contributed by atoms with Crippen LogP contribution in [0.2, 0.25) is 0 Å². The molecule has 2 rings (SSSR count). The van der Waals surface area contributed by atoms with E-state index >= 15 is 0 Å². The quantitative estimate of drug-likeness (QED) is 0.670. The zero-order chi connectivity index (χ0) is 9.97. The predicted molar refractivity (Wildman–Crippen MR) is 50.6 cm³/mol. The lowest BCUT2D eigenvalue weighted by Gasteiger charge is -2.08. The molecule has 0 aliphatic carbocycles. The Kier molecular flexibility index (Phi) is 2.50. The second-order valence-corrected chi connectivity index (χ2v) is 3.23. The number of benzene rings is 1. The van der Waals surface area contributed by atoms with Gasteiger partial charge in [-0.3, -0.25) is 0 Å². The molecule has 0 aromatic heterocycles. The monoisotopic (exact) mass is 192 g/mol. The lowest BCUT2D eigenvalue weighted by atomic mass is 10.1. The molecule has 0 spiro atoms. The second kappa shape index (κ2) is 3.80. The Labute approximate surface area is 82.6 Å². The van der Waals surface area contributed by atoms with Gasteiger partial charge in [0, 0.05) is 5.56 Å². The molecule has 1 heterocycles. The van der Waals surface area contributed by atoms with Gasteiger partial charge in [0.05, 0.1) is 0 Å². The maximum atomic E-state index is 10.8. The molecule has 3 nitrogen and oxygen atoms in total. The van der Waals surface area contributed by atoms with E-state index in [1.807, 2.05) is 24.3 Å². The summed E-state index contributed by atoms with van der Waals surface area (Å²) in [6, 6.07) is 7.90. The fourth-order valence-electron chi connectivity index (χ4n) is 1.41. The van der Waals surface area contributed by atoms with Gasteiger partial charge in [-0.2, -0.15) is 0 Å². The molecule has 1 fully saturated rings. The molecule has 1 saturated heterocycles. The topological polar surface area (TPSA) is 35.5 Å². The van der Waals surface area contributed by atoms with Crippen LogP contribution in [0.5, 0.6) is 0 Å². The van der Waals surface area contributed by atoms with Crippen molar-refractivity contribution in [2.75, 3.05) is 6.61 Å². The van der Waals surface area contributed by atoms with E-state index in [2.05, 4.69) is 6.92 Å². The van der Waals surface area contributed by atoms with Gasteiger partial charge in [-0.05, 0) is 12.0 Å². The first-order chi connectivity index (χ1) is 6.79. The van der Waals surface area contributed by atoms with Crippen LogP contribution in [0, 0.1) is 0 Å². The second-order valence-electron chi connectivity index (χ2n) is 3.23. The van der Waals surface area contributed by atoms with Crippen LogP contribution in [0.15, 0.2) is 24.3 Å². The molecule has 1 unspecified atom stereocenters. The van der Waals surface area contributed by atoms with Crippen molar-refractivity contribution >= 4 is 5.97 Å². The molecular weight excluding hydrogens is 180 g/mol. The molecule has 0 saturated carbocycles. The summed E-state index contributed by atoms with van der Waals surface area (Å²) in [5.74, 6) is -0.297. The van der Waals surface area contributed by atoms with Crippen LogP contribution in [0.25, 0.3) is 0 Å². The van der Waals surface area contributed by atoms with Gasteiger partial charge >= 0.3 is 5.97 Å². The number of cyclic esters (lactones) is 1. The first-order valence-electron chi connectivity index (χ1n) is 4.69. The SMILES string of the molecule is CCc1ccc(C2OCC(=O)O2)cc1. The molecule has 1 aromatic carbocycles. The van der Waals surface area contributed by atoms with Crippen molar-refractivity contribution in [2.45, 2.75) is 19.6 Å². The van der Waals surface area contributed by atoms with Gasteiger partial charge in [0.15, 0.2) is 0 Å². The van der Waals surface area contributed by atoms with Gasteiger partial charge in [-0.15, -0.1) is 0 Å². The molecule has 0 bridgehead atoms. The van der Waals surface area contributed by atoms with Crippen LogP contribution >= 0.6 is 0 Å². The lowest BCUT2D eigenvalue weighted by molar-refractivity contribution is -0.143. The predicted octanol–water partition coefficient (Wildman–Crippen LogP) is 1.82. The Morgan fingerprint density at radius 3 is 2.57 bits per heavy atom. The van der Waals surface area contributed by atoms with E-state index in [0.29, 0.717) is 0 Å². The highest BCUT2D eigenvalue weighted by molar-refractivity contribution is 5.72. The van der Waals surface area contributed by atoms with E-state index in [1.54, 1.807) is 0 Å². The summed E-state index contributed by atoms with van der Waals surface area (Å²) in [4.78, 5) is 10.8. The molecular formula is C11H12O3. The summed E-state index contributed by atoms with van der Waals surface area (Å²) in [6.45, 7) is 2.15. The average molecular weight is 192 g/mol. The van der Waals surface area contributed by atoms with Gasteiger partial charge in [0.2, 0.25) is 6.29 Å². The smallest absolute Gasteiger partial charge is 0.334 e. The third-order valence-electron chi connectivity index (χ3n) is 2.25. The molecule has 0 N–H and O–H groups in total. The van der Waals surface area contributed by atoms with E-state index in [1.165, 1.54) is 5.56 Å². The maximum absolute atomic E-state index is 10.8. The van der Waals surface area contributed by atoms with Crippen molar-refractivity contribution in [1.29, 1.82) is 0 Å². The van der Waals surface area contributed by atoms with Crippen LogP contribution in [-0.2, 0) is 20.7 Å². The van der Waals surface area contributed by atoms with E-state index in [9.17, 15) is 4.79 Å². The van der Waals surface area contributed by atoms with E-state index in [-0.39, 0.29) is 12.6 Å². The van der Waals surface area contributed by atoms with Crippen molar-refractivity contribution < 1.29 is 14.3 Å². The summed E-state index contributed by atoms with van der Waals surface area (Å²) in [6.07, 6.45) is 0.499. The molecule has 0 radical (unpaired) electrons. The third-order valence-corrected chi connectivity index (χ3v) is 2.25. The van der Waals surface area contributed by atoms with Gasteiger partial charge < -0.3 is 9.47 Å². The Morgan fingerprint density at radius 2 is 2.07 bits per heavy atom. The lowest BCUT2D eigenvalue weighted by Crippen LogP contribution is -1.99. The van der Waals surface area contributed by atoms with Gasteiger partial charge in [0.25, 0.3) is 0 Å². The van der Waals surface area contributed by atoms with Crippen LogP contribution in [0.1, 0.15) is 24.3 Å². The zero-order valence-electron chi connectivity index (χ0n) is 8.03. The summed E-state index contributed by atoms with van der Waals surface area (Å²) in [5, 5.41) is 0. The van der Waals surface area contributed by atoms with Gasteiger partial charge in [0.1, 0.15) is 6.61 Å². The maximum Gasteiger partial charge on any atom is 0.334 e. The molecule has 1 aliphatic heterocycles. The summed E-state index contributed by atoms with van der Waals surface area (Å²) in [5.41, 5.74) is 2.16. The minimum Gasteiger partial charge on any atom is -0.430 e. The summed E-state index contributed by atoms with van der Waals surface area (Å²) < 4.78 is 10.1. The average Bonchev–Trinajstić information content (AvgIpc) is 2.65. The first-order valence-corrected chi connectivity index (χ1v) is 4.69. The number of hydrogen-bond donors (Lipinski definition) is 0. The Hall–Kier alpha value is -1.35. The molecule has 1 aliphatic rings. The van der Waals surface area contributed by atoms with Crippen LogP contribution in [-0.4, -0.2) is 12.6 Å². The Bertz CT molecular complexity index is 329. The first kappa shape index (κ1) is 9.21. The van der Waals surface area contributed by atoms with Crippen molar-refractivity contribution in [1.82, 2.24) is 0 Å². The normalized spacial score (nSPS) is 20.9. The fourth-order valence-corrected chi connectivity index (χ4v) is 1.41. The van der Waals surface area contributed by atoms with Crippen LogP contribution in [0.3, 0.4) is 0 Å². The van der Waals surface area contributed by atoms with Crippen molar-refractivity contribution in [2.24, 2.45) is 0 Å². The number of esters is 1. The van der Waals surface area contributed by atoms with E-state index in [0.717, 1.165) is 12.0 Å². The Morgan fingerprint density at radius 1 is 1.36 bits per heavy atom. The summed E-state index contributed by atoms with van der Waals surface area (Å²) in [7, 11) is 0. The molecule has 1 aromatic rings. The van der Waals surface area contributed by atoms with Crippen molar-refractivity contribution in [3.63, 3.8) is 0 Å². The zero-order valence-corrected chi connectivity index (χ0v) is 8.03. The largest absolute Gasteiger partial charge is 0.430 e. The van der Waals surface area contributed by atoms with Crippen LogP contribution < -0.4 is 0 Å². The van der Waals surface area contributed by atoms with Crippen LogP contribution in [0.4, 0.5) is 0 Å². The summed E-state index contributed by atoms with van der Waals surface area (Å²) >= 11 is 0. The minimum absolute atomic E-state index is 0.0557. The number of carbonyl (C=O) groups excluding carboxylic acids is 1. The van der Waals surface area contributed by atoms with Crippen molar-refractivity contribution in [3.8, 4) is 0 Å². The number of aryl methyl sites for hydroxylation is 1. The number of ether oxygens (including phenoxy) is 2. The van der Waals surface area contributed by atoms with E-state index < -0.39 is 6.29 Å². The highest BCUT2D eigenvalue weighted by Crippen LogP contribution is 2.23. The standard InChI is InChI=1S/C11H12O3/c1-2-8-3-5-9(6-4-8)11-13-7-10(12)14-11/h3-6,11H,2,7H2,1H3. The molecule has 0 amide bonds.